The van der Waals surface area contributed by atoms with Crippen molar-refractivity contribution in [2.75, 3.05) is 0 Å². The fraction of sp³-hybridized carbons (Fsp3) is 0.116. The summed E-state index contributed by atoms with van der Waals surface area (Å²) in [6.45, 7) is 9.01. The summed E-state index contributed by atoms with van der Waals surface area (Å²) in [5, 5.41) is 11.6. The topological polar surface area (TPSA) is 15.8 Å². The van der Waals surface area contributed by atoms with Gasteiger partial charge in [-0.15, -0.1) is 0 Å². The smallest absolute Gasteiger partial charge is 0.0465 e. The molecule has 0 unspecified atom stereocenters. The fourth-order valence-corrected chi connectivity index (χ4v) is 7.73. The van der Waals surface area contributed by atoms with Gasteiger partial charge in [0.25, 0.3) is 0 Å². The Labute approximate surface area is 257 Å². The van der Waals surface area contributed by atoms with Gasteiger partial charge in [-0.05, 0) is 158 Å². The van der Waals surface area contributed by atoms with E-state index in [9.17, 15) is 0 Å². The average Bonchev–Trinajstić information content (AvgIpc) is 3.49. The minimum Gasteiger partial charge on any atom is -0.358 e. The molecule has 1 nitrogen and oxygen atoms in total. The molecule has 0 amide bonds. The van der Waals surface area contributed by atoms with Crippen molar-refractivity contribution >= 4 is 59.6 Å². The summed E-state index contributed by atoms with van der Waals surface area (Å²) in [5.41, 5.74) is 14.7. The number of fused-ring (bicyclic) bond motifs is 6. The largest absolute Gasteiger partial charge is 0.358 e. The van der Waals surface area contributed by atoms with Crippen molar-refractivity contribution < 1.29 is 0 Å². The van der Waals surface area contributed by atoms with Crippen LogP contribution in [0.3, 0.4) is 0 Å². The highest BCUT2D eigenvalue weighted by molar-refractivity contribution is 6.24. The summed E-state index contributed by atoms with van der Waals surface area (Å²) in [4.78, 5) is 3.71. The van der Waals surface area contributed by atoms with E-state index in [1.165, 1.54) is 110 Å². The van der Waals surface area contributed by atoms with Crippen LogP contribution in [0.15, 0.2) is 115 Å². The van der Waals surface area contributed by atoms with Crippen molar-refractivity contribution in [3.05, 3.63) is 137 Å². The van der Waals surface area contributed by atoms with E-state index in [2.05, 4.69) is 142 Å². The lowest BCUT2D eigenvalue weighted by atomic mass is 9.83. The lowest BCUT2D eigenvalue weighted by Gasteiger charge is -2.20. The summed E-state index contributed by atoms with van der Waals surface area (Å²) in [5.74, 6) is 0. The summed E-state index contributed by atoms with van der Waals surface area (Å²) >= 11 is 0. The molecule has 44 heavy (non-hydrogen) atoms. The first-order valence-corrected chi connectivity index (χ1v) is 15.6. The van der Waals surface area contributed by atoms with Gasteiger partial charge in [-0.1, -0.05) is 78.4 Å². The molecule has 0 aliphatic heterocycles. The highest BCUT2D eigenvalue weighted by atomic mass is 14.7. The van der Waals surface area contributed by atoms with E-state index >= 15 is 0 Å². The molecule has 0 fully saturated rings. The minimum atomic E-state index is 1.02. The van der Waals surface area contributed by atoms with Crippen LogP contribution in [-0.4, -0.2) is 4.98 Å². The van der Waals surface area contributed by atoms with Gasteiger partial charge in [0.15, 0.2) is 0 Å². The first-order chi connectivity index (χ1) is 21.4. The van der Waals surface area contributed by atoms with Gasteiger partial charge >= 0.3 is 0 Å². The Kier molecular flexibility index (Phi) is 5.29. The van der Waals surface area contributed by atoms with E-state index in [-0.39, 0.29) is 0 Å². The molecule has 0 radical (unpaired) electrons. The summed E-state index contributed by atoms with van der Waals surface area (Å²) in [7, 11) is 0. The predicted octanol–water partition coefficient (Wildman–Crippen LogP) is 12.1. The third-order valence-electron chi connectivity index (χ3n) is 10.3. The number of aromatic nitrogens is 1. The van der Waals surface area contributed by atoms with Crippen LogP contribution in [0.2, 0.25) is 0 Å². The molecule has 7 aromatic carbocycles. The van der Waals surface area contributed by atoms with Crippen molar-refractivity contribution in [2.45, 2.75) is 34.1 Å². The number of nitrogens with one attached hydrogen (secondary N) is 1. The number of aryl methyl sites for hydroxylation is 2. The van der Waals surface area contributed by atoms with Gasteiger partial charge in [-0.25, -0.2) is 0 Å². The number of benzene rings is 7. The van der Waals surface area contributed by atoms with Crippen molar-refractivity contribution in [3.8, 4) is 22.3 Å². The lowest BCUT2D eigenvalue weighted by Crippen LogP contribution is -1.94. The van der Waals surface area contributed by atoms with Gasteiger partial charge in [-0.3, -0.25) is 0 Å². The van der Waals surface area contributed by atoms with Crippen molar-refractivity contribution in [3.63, 3.8) is 0 Å². The number of hydrogen-bond acceptors (Lipinski definition) is 0. The second kappa shape index (κ2) is 9.18. The third kappa shape index (κ3) is 3.59. The summed E-state index contributed by atoms with van der Waals surface area (Å²) in [6.07, 6.45) is 1.02. The van der Waals surface area contributed by atoms with Gasteiger partial charge in [-0.2, -0.15) is 0 Å². The zero-order chi connectivity index (χ0) is 29.7. The van der Waals surface area contributed by atoms with Crippen LogP contribution in [0.1, 0.15) is 36.2 Å². The van der Waals surface area contributed by atoms with Crippen molar-refractivity contribution in [1.29, 1.82) is 0 Å². The first-order valence-electron chi connectivity index (χ1n) is 15.6. The Morgan fingerprint density at radius 1 is 0.500 bits per heavy atom. The SMILES string of the molecule is CC1=C(C)c2cc3c(-c4ccc5ccccc5c4)c4cc5[nH]c(C)c(C)c5cc4c(-c4ccc5ccccc5c4)c3cc2C1. The third-order valence-corrected chi connectivity index (χ3v) is 10.3. The van der Waals surface area contributed by atoms with Gasteiger partial charge in [0.1, 0.15) is 0 Å². The maximum Gasteiger partial charge on any atom is 0.0465 e. The Balaban J connectivity index is 1.51. The van der Waals surface area contributed by atoms with Crippen LogP contribution in [-0.2, 0) is 6.42 Å². The number of hydrogen-bond donors (Lipinski definition) is 1. The molecule has 1 heteroatoms. The zero-order valence-corrected chi connectivity index (χ0v) is 25.6. The molecule has 1 aliphatic rings. The Morgan fingerprint density at radius 3 is 1.68 bits per heavy atom. The first kappa shape index (κ1) is 25.4. The molecule has 1 N–H and O–H groups in total. The molecule has 1 aliphatic carbocycles. The van der Waals surface area contributed by atoms with E-state index < -0.39 is 0 Å². The molecule has 0 spiro atoms. The van der Waals surface area contributed by atoms with Gasteiger partial charge in [0, 0.05) is 16.6 Å². The maximum atomic E-state index is 3.71. The highest BCUT2D eigenvalue weighted by Gasteiger charge is 2.23. The Morgan fingerprint density at radius 2 is 1.05 bits per heavy atom. The van der Waals surface area contributed by atoms with Crippen molar-refractivity contribution in [1.82, 2.24) is 4.98 Å². The standard InChI is InChI=1S/C43H33N/c1-24-17-34-20-37-38(21-35(34)25(24)2)43(33-16-14-29-10-6-8-12-31(29)19-33)40-23-41-36(26(3)27(4)44-41)22-39(40)42(37)32-15-13-28-9-5-7-11-30(28)18-32/h5-16,18-23,44H,17H2,1-4H3. The average molecular weight is 564 g/mol. The number of rotatable bonds is 2. The Hall–Kier alpha value is -5.14. The molecule has 0 bridgehead atoms. The molecule has 1 aromatic heterocycles. The molecule has 0 saturated carbocycles. The van der Waals surface area contributed by atoms with Crippen LogP contribution in [0.4, 0.5) is 0 Å². The monoisotopic (exact) mass is 563 g/mol. The highest BCUT2D eigenvalue weighted by Crippen LogP contribution is 2.48. The molecule has 0 saturated heterocycles. The maximum absolute atomic E-state index is 3.71. The minimum absolute atomic E-state index is 1.02. The quantitative estimate of drug-likeness (QED) is 0.201. The van der Waals surface area contributed by atoms with Gasteiger partial charge in [0.05, 0.1) is 0 Å². The second-order valence-electron chi connectivity index (χ2n) is 12.8. The van der Waals surface area contributed by atoms with Crippen LogP contribution in [0.25, 0.3) is 81.8 Å². The summed E-state index contributed by atoms with van der Waals surface area (Å²) in [6, 6.07) is 41.3. The Bertz CT molecular complexity index is 2550. The van der Waals surface area contributed by atoms with E-state index in [4.69, 9.17) is 0 Å². The number of aromatic amines is 1. The van der Waals surface area contributed by atoms with Crippen LogP contribution in [0.5, 0.6) is 0 Å². The number of H-pyrrole nitrogens is 1. The number of allylic oxidation sites excluding steroid dienone is 2. The normalized spacial score (nSPS) is 13.3. The van der Waals surface area contributed by atoms with E-state index in [0.717, 1.165) is 6.42 Å². The van der Waals surface area contributed by atoms with Gasteiger partial charge in [0.2, 0.25) is 0 Å². The fourth-order valence-electron chi connectivity index (χ4n) is 7.73. The van der Waals surface area contributed by atoms with E-state index in [0.29, 0.717) is 0 Å². The summed E-state index contributed by atoms with van der Waals surface area (Å²) < 4.78 is 0. The molecule has 8 aromatic rings. The zero-order valence-electron chi connectivity index (χ0n) is 25.6. The molecular weight excluding hydrogens is 530 g/mol. The molecule has 0 atom stereocenters. The molecule has 1 heterocycles. The lowest BCUT2D eigenvalue weighted by molar-refractivity contribution is 1.20. The molecule has 9 rings (SSSR count). The van der Waals surface area contributed by atoms with Crippen LogP contribution >= 0.6 is 0 Å². The van der Waals surface area contributed by atoms with Crippen LogP contribution < -0.4 is 0 Å². The molecule has 210 valence electrons. The van der Waals surface area contributed by atoms with E-state index in [1.807, 2.05) is 0 Å². The van der Waals surface area contributed by atoms with Crippen LogP contribution in [0, 0.1) is 13.8 Å². The van der Waals surface area contributed by atoms with Crippen molar-refractivity contribution in [2.24, 2.45) is 0 Å². The van der Waals surface area contributed by atoms with Gasteiger partial charge < -0.3 is 4.98 Å². The van der Waals surface area contributed by atoms with E-state index in [1.54, 1.807) is 0 Å². The predicted molar refractivity (Wildman–Crippen MR) is 191 cm³/mol. The second-order valence-corrected chi connectivity index (χ2v) is 12.8. The molecular formula is C43H33N.